The van der Waals surface area contributed by atoms with Crippen LogP contribution in [0.4, 0.5) is 21.8 Å². The zero-order valence-corrected chi connectivity index (χ0v) is 8.30. The molecule has 0 saturated carbocycles. The molecule has 0 radical (unpaired) electrons. The third-order valence-corrected chi connectivity index (χ3v) is 3.18. The highest BCUT2D eigenvalue weighted by Crippen LogP contribution is 2.40. The Hall–Kier alpha value is -0.570. The van der Waals surface area contributed by atoms with E-state index in [2.05, 4.69) is 0 Å². The van der Waals surface area contributed by atoms with Gasteiger partial charge in [-0.15, -0.1) is 0 Å². The molecule has 0 nitrogen and oxygen atoms in total. The van der Waals surface area contributed by atoms with Crippen LogP contribution in [0.25, 0.3) is 0 Å². The first-order valence-electron chi connectivity index (χ1n) is 3.96. The van der Waals surface area contributed by atoms with Crippen molar-refractivity contribution in [3.05, 3.63) is 23.1 Å². The van der Waals surface area contributed by atoms with Gasteiger partial charge < -0.3 is 0 Å². The van der Waals surface area contributed by atoms with Crippen LogP contribution in [0.2, 0.25) is 0 Å². The molecule has 6 heteroatoms. The highest BCUT2D eigenvalue weighted by atomic mass is 31.1. The molecule has 1 rings (SSSR count). The van der Waals surface area contributed by atoms with Gasteiger partial charge in [0.05, 0.1) is 14.0 Å². The SMILES string of the molecule is CCC1=C(F)C(F)=[PH](F)CC(F)=C1F. The fourth-order valence-electron chi connectivity index (χ4n) is 1.11. The van der Waals surface area contributed by atoms with E-state index in [1.54, 1.807) is 0 Å². The van der Waals surface area contributed by atoms with E-state index < -0.39 is 42.6 Å². The van der Waals surface area contributed by atoms with Gasteiger partial charge in [0.25, 0.3) is 0 Å². The Morgan fingerprint density at radius 3 is 2.21 bits per heavy atom. The number of hydrogen-bond donors (Lipinski definition) is 0. The smallest absolute Gasteiger partial charge is 0.182 e. The minimum atomic E-state index is -3.43. The zero-order chi connectivity index (χ0) is 10.9. The van der Waals surface area contributed by atoms with E-state index in [1.807, 2.05) is 0 Å². The largest absolute Gasteiger partial charge is 0.229 e. The normalized spacial score (nSPS) is 24.4. The van der Waals surface area contributed by atoms with Crippen LogP contribution < -0.4 is 0 Å². The minimum Gasteiger partial charge on any atom is -0.229 e. The van der Waals surface area contributed by atoms with E-state index in [0.29, 0.717) is 0 Å². The summed E-state index contributed by atoms with van der Waals surface area (Å²) in [6.07, 6.45) is -1.20. The maximum Gasteiger partial charge on any atom is 0.182 e. The molecule has 1 unspecified atom stereocenters. The number of rotatable bonds is 1. The van der Waals surface area contributed by atoms with Crippen molar-refractivity contribution in [2.75, 3.05) is 6.16 Å². The van der Waals surface area contributed by atoms with Gasteiger partial charge in [-0.05, 0) is 6.42 Å². The molecule has 1 aliphatic heterocycles. The summed E-state index contributed by atoms with van der Waals surface area (Å²) >= 11 is 0. The molecule has 0 spiro atoms. The van der Waals surface area contributed by atoms with Crippen LogP contribution >= 0.6 is 7.86 Å². The summed E-state index contributed by atoms with van der Waals surface area (Å²) in [5.41, 5.74) is -2.35. The molecule has 80 valence electrons. The van der Waals surface area contributed by atoms with Gasteiger partial charge in [-0.2, -0.15) is 0 Å². The summed E-state index contributed by atoms with van der Waals surface area (Å²) in [5.74, 6) is -4.44. The van der Waals surface area contributed by atoms with Crippen molar-refractivity contribution in [2.45, 2.75) is 13.3 Å². The Bertz CT molecular complexity index is 353. The Morgan fingerprint density at radius 1 is 1.14 bits per heavy atom. The Morgan fingerprint density at radius 2 is 1.71 bits per heavy atom. The summed E-state index contributed by atoms with van der Waals surface area (Å²) < 4.78 is 64.3. The Labute approximate surface area is 78.6 Å². The molecule has 1 aliphatic rings. The molecule has 1 heterocycles. The van der Waals surface area contributed by atoms with Gasteiger partial charge in [-0.3, -0.25) is 0 Å². The molecule has 0 amide bonds. The quantitative estimate of drug-likeness (QED) is 0.472. The van der Waals surface area contributed by atoms with Crippen molar-refractivity contribution in [2.24, 2.45) is 0 Å². The average Bonchev–Trinajstić information content (AvgIpc) is 2.21. The summed E-state index contributed by atoms with van der Waals surface area (Å²) in [6, 6.07) is 0. The number of hydrogen-bond acceptors (Lipinski definition) is 0. The van der Waals surface area contributed by atoms with E-state index in [-0.39, 0.29) is 6.42 Å². The lowest BCUT2D eigenvalue weighted by atomic mass is 10.1. The molecule has 0 aromatic heterocycles. The van der Waals surface area contributed by atoms with E-state index >= 15 is 0 Å². The molecular weight excluding hydrogens is 222 g/mol. The molecule has 0 aromatic carbocycles. The van der Waals surface area contributed by atoms with Crippen molar-refractivity contribution in [1.29, 1.82) is 0 Å². The molecule has 0 aliphatic carbocycles. The first-order valence-corrected chi connectivity index (χ1v) is 5.55. The molecule has 0 N–H and O–H groups in total. The summed E-state index contributed by atoms with van der Waals surface area (Å²) in [5, 5.41) is 0. The van der Waals surface area contributed by atoms with Crippen LogP contribution in [-0.4, -0.2) is 11.7 Å². The van der Waals surface area contributed by atoms with Crippen molar-refractivity contribution in [1.82, 2.24) is 0 Å². The van der Waals surface area contributed by atoms with Crippen LogP contribution in [0.15, 0.2) is 23.1 Å². The van der Waals surface area contributed by atoms with Gasteiger partial charge in [-0.25, -0.2) is 21.8 Å². The topological polar surface area (TPSA) is 0 Å². The molecule has 0 bridgehead atoms. The third kappa shape index (κ3) is 1.92. The van der Waals surface area contributed by atoms with Crippen molar-refractivity contribution < 1.29 is 21.8 Å². The number of halogens is 5. The van der Waals surface area contributed by atoms with E-state index in [4.69, 9.17) is 0 Å². The van der Waals surface area contributed by atoms with Crippen LogP contribution in [-0.2, 0) is 0 Å². The lowest BCUT2D eigenvalue weighted by Crippen LogP contribution is -1.93. The van der Waals surface area contributed by atoms with Crippen LogP contribution in [0.3, 0.4) is 0 Å². The number of allylic oxidation sites excluding steroid dienone is 4. The van der Waals surface area contributed by atoms with Crippen molar-refractivity contribution >= 4 is 13.4 Å². The lowest BCUT2D eigenvalue weighted by Gasteiger charge is -2.01. The maximum atomic E-state index is 13.0. The predicted octanol–water partition coefficient (Wildman–Crippen LogP) is 3.98. The van der Waals surface area contributed by atoms with Gasteiger partial charge in [-0.1, -0.05) is 6.92 Å². The Balaban J connectivity index is 3.37. The second-order valence-electron chi connectivity index (χ2n) is 2.76. The average molecular weight is 230 g/mol. The maximum absolute atomic E-state index is 13.0. The second kappa shape index (κ2) is 4.30. The fourth-order valence-corrected chi connectivity index (χ4v) is 2.09. The van der Waals surface area contributed by atoms with Crippen LogP contribution in [0, 0.1) is 0 Å². The minimum absolute atomic E-state index is 0.215. The summed E-state index contributed by atoms with van der Waals surface area (Å²) in [4.78, 5) is 0. The molecule has 0 aromatic rings. The van der Waals surface area contributed by atoms with Gasteiger partial charge in [0, 0.05) is 5.57 Å². The molecule has 0 fully saturated rings. The highest BCUT2D eigenvalue weighted by molar-refractivity contribution is 7.54. The third-order valence-electron chi connectivity index (χ3n) is 1.86. The molecular formula is C8H8F5P. The van der Waals surface area contributed by atoms with Gasteiger partial charge in [0.1, 0.15) is 5.83 Å². The van der Waals surface area contributed by atoms with Gasteiger partial charge >= 0.3 is 0 Å². The summed E-state index contributed by atoms with van der Waals surface area (Å²) in [7, 11) is -3.43. The van der Waals surface area contributed by atoms with Crippen LogP contribution in [0.1, 0.15) is 13.3 Å². The van der Waals surface area contributed by atoms with Crippen molar-refractivity contribution in [3.63, 3.8) is 0 Å². The lowest BCUT2D eigenvalue weighted by molar-refractivity contribution is 0.534. The van der Waals surface area contributed by atoms with Gasteiger partial charge in [0.2, 0.25) is 0 Å². The second-order valence-corrected chi connectivity index (χ2v) is 4.36. The van der Waals surface area contributed by atoms with E-state index in [1.165, 1.54) is 6.92 Å². The van der Waals surface area contributed by atoms with Gasteiger partial charge in [0.15, 0.2) is 17.2 Å². The van der Waals surface area contributed by atoms with E-state index in [0.717, 1.165) is 0 Å². The molecule has 1 atom stereocenters. The first-order chi connectivity index (χ1) is 6.49. The van der Waals surface area contributed by atoms with Crippen LogP contribution in [0.5, 0.6) is 0 Å². The van der Waals surface area contributed by atoms with E-state index in [9.17, 15) is 21.8 Å². The monoisotopic (exact) mass is 230 g/mol. The highest BCUT2D eigenvalue weighted by Gasteiger charge is 2.25. The molecule has 14 heavy (non-hydrogen) atoms. The summed E-state index contributed by atoms with van der Waals surface area (Å²) in [6.45, 7) is 1.34. The molecule has 0 saturated heterocycles. The fraction of sp³-hybridized carbons (Fsp3) is 0.375. The Kier molecular flexibility index (Phi) is 3.53. The first kappa shape index (κ1) is 11.5. The van der Waals surface area contributed by atoms with Crippen molar-refractivity contribution in [3.8, 4) is 0 Å². The standard InChI is InChI=1S/C8H8F5P/c1-2-4-6(10)5(9)3-14(13)8(12)7(4)11/h14H,2-3H2,1H3. The zero-order valence-electron chi connectivity index (χ0n) is 7.30. The predicted molar refractivity (Wildman–Crippen MR) is 48.1 cm³/mol.